The zero-order valence-corrected chi connectivity index (χ0v) is 11.5. The van der Waals surface area contributed by atoms with Gasteiger partial charge in [0, 0.05) is 0 Å². The van der Waals surface area contributed by atoms with Gasteiger partial charge in [-0.3, -0.25) is 4.57 Å². The molecule has 0 aliphatic carbocycles. The van der Waals surface area contributed by atoms with Gasteiger partial charge >= 0.3 is 0 Å². The summed E-state index contributed by atoms with van der Waals surface area (Å²) in [6.45, 7) is -0.113. The minimum atomic E-state index is -1.20. The summed E-state index contributed by atoms with van der Waals surface area (Å²) in [5.41, 5.74) is 0.889. The first kappa shape index (κ1) is 14.7. The Balaban J connectivity index is 1.97. The first-order valence-electron chi connectivity index (χ1n) is 6.64. The number of nitrogens with zero attached hydrogens (tertiary/aromatic N) is 4. The van der Waals surface area contributed by atoms with Crippen LogP contribution in [0.5, 0.6) is 0 Å². The summed E-state index contributed by atoms with van der Waals surface area (Å²) in [5.74, 6) is 2.90. The van der Waals surface area contributed by atoms with Crippen molar-refractivity contribution in [2.24, 2.45) is 0 Å². The third-order valence-corrected chi connectivity index (χ3v) is 3.51. The minimum Gasteiger partial charge on any atom is -0.394 e. The molecule has 9 heteroatoms. The van der Waals surface area contributed by atoms with Gasteiger partial charge in [-0.05, 0) is 0 Å². The topological polar surface area (TPSA) is 126 Å². The molecule has 0 bridgehead atoms. The lowest BCUT2D eigenvalue weighted by molar-refractivity contribution is -0.0511. The lowest BCUT2D eigenvalue weighted by atomic mass is 10.1. The van der Waals surface area contributed by atoms with E-state index in [0.717, 1.165) is 0 Å². The predicted octanol–water partition coefficient (Wildman–Crippen LogP) is -1.52. The molecule has 9 nitrogen and oxygen atoms in total. The van der Waals surface area contributed by atoms with Gasteiger partial charge in [-0.2, -0.15) is 0 Å². The highest BCUT2D eigenvalue weighted by Crippen LogP contribution is 2.31. The van der Waals surface area contributed by atoms with Crippen LogP contribution in [0.1, 0.15) is 6.23 Å². The molecule has 1 unspecified atom stereocenters. The van der Waals surface area contributed by atoms with Crippen molar-refractivity contribution < 1.29 is 20.1 Å². The molecule has 1 saturated heterocycles. The standard InChI is InChI=1S/C13H15N5O4/c1-2-3-14-11-8-12(16-5-15-11)18(6-17-8)13-10(21)9(20)7(4-19)22-13/h1,5-7,9-10,13,19-21H,3-4H2,(H,14,15,16)/t7-,9-,10-,13?/m1/s1. The van der Waals surface area contributed by atoms with E-state index in [4.69, 9.17) is 16.3 Å². The van der Waals surface area contributed by atoms with Crippen LogP contribution in [0.2, 0.25) is 0 Å². The van der Waals surface area contributed by atoms with Crippen LogP contribution >= 0.6 is 0 Å². The number of nitrogens with one attached hydrogen (secondary N) is 1. The Labute approximate surface area is 125 Å². The largest absolute Gasteiger partial charge is 0.394 e. The molecular formula is C13H15N5O4. The number of ether oxygens (including phenoxy) is 1. The molecule has 0 radical (unpaired) electrons. The Morgan fingerprint density at radius 2 is 2.14 bits per heavy atom. The molecule has 4 atom stereocenters. The Morgan fingerprint density at radius 1 is 1.32 bits per heavy atom. The molecule has 4 N–H and O–H groups in total. The van der Waals surface area contributed by atoms with Crippen LogP contribution in [0.15, 0.2) is 12.7 Å². The van der Waals surface area contributed by atoms with Crippen molar-refractivity contribution in [3.8, 4) is 12.3 Å². The fraction of sp³-hybridized carbons (Fsp3) is 0.462. The summed E-state index contributed by atoms with van der Waals surface area (Å²) >= 11 is 0. The lowest BCUT2D eigenvalue weighted by Gasteiger charge is -2.16. The van der Waals surface area contributed by atoms with Crippen molar-refractivity contribution in [3.63, 3.8) is 0 Å². The first-order chi connectivity index (χ1) is 10.7. The SMILES string of the molecule is C#CCNc1ncnc2c1ncn2C1O[C@H](CO)[C@@H](O)[C@H]1O. The number of hydrogen-bond donors (Lipinski definition) is 4. The Bertz CT molecular complexity index is 712. The monoisotopic (exact) mass is 305 g/mol. The smallest absolute Gasteiger partial charge is 0.167 e. The van der Waals surface area contributed by atoms with Gasteiger partial charge in [-0.1, -0.05) is 5.92 Å². The quantitative estimate of drug-likeness (QED) is 0.502. The maximum Gasteiger partial charge on any atom is 0.167 e. The Hall–Kier alpha value is -2.25. The summed E-state index contributed by atoms with van der Waals surface area (Å²) in [7, 11) is 0. The van der Waals surface area contributed by atoms with Crippen molar-refractivity contribution in [2.75, 3.05) is 18.5 Å². The maximum atomic E-state index is 10.1. The average molecular weight is 305 g/mol. The fourth-order valence-electron chi connectivity index (χ4n) is 2.41. The second-order valence-electron chi connectivity index (χ2n) is 4.83. The second-order valence-corrected chi connectivity index (χ2v) is 4.83. The van der Waals surface area contributed by atoms with Crippen molar-refractivity contribution in [1.82, 2.24) is 19.5 Å². The lowest BCUT2D eigenvalue weighted by Crippen LogP contribution is -2.33. The summed E-state index contributed by atoms with van der Waals surface area (Å²) in [4.78, 5) is 12.4. The number of hydrogen-bond acceptors (Lipinski definition) is 8. The van der Waals surface area contributed by atoms with Crippen LogP contribution in [0, 0.1) is 12.3 Å². The van der Waals surface area contributed by atoms with Gasteiger partial charge in [0.05, 0.1) is 19.5 Å². The van der Waals surface area contributed by atoms with Crippen molar-refractivity contribution >= 4 is 17.0 Å². The normalized spacial score (nSPS) is 27.9. The van der Waals surface area contributed by atoms with Crippen molar-refractivity contribution in [2.45, 2.75) is 24.5 Å². The highest BCUT2D eigenvalue weighted by Gasteiger charge is 2.43. The Kier molecular flexibility index (Phi) is 3.91. The van der Waals surface area contributed by atoms with Crippen LogP contribution in [0.3, 0.4) is 0 Å². The Morgan fingerprint density at radius 3 is 2.82 bits per heavy atom. The fourth-order valence-corrected chi connectivity index (χ4v) is 2.41. The number of aliphatic hydroxyl groups excluding tert-OH is 3. The van der Waals surface area contributed by atoms with Gasteiger partial charge in [-0.15, -0.1) is 6.42 Å². The van der Waals surface area contributed by atoms with E-state index in [9.17, 15) is 10.2 Å². The molecule has 116 valence electrons. The van der Waals surface area contributed by atoms with Crippen LogP contribution < -0.4 is 5.32 Å². The zero-order chi connectivity index (χ0) is 15.7. The zero-order valence-electron chi connectivity index (χ0n) is 11.5. The molecule has 0 aromatic carbocycles. The van der Waals surface area contributed by atoms with Crippen LogP contribution in [0.4, 0.5) is 5.82 Å². The molecule has 3 heterocycles. The molecule has 1 fully saturated rings. The van der Waals surface area contributed by atoms with Gasteiger partial charge in [0.15, 0.2) is 23.2 Å². The molecule has 0 spiro atoms. The summed E-state index contributed by atoms with van der Waals surface area (Å²) in [5, 5.41) is 32.0. The second kappa shape index (κ2) is 5.86. The molecule has 0 saturated carbocycles. The third-order valence-electron chi connectivity index (χ3n) is 3.51. The van der Waals surface area contributed by atoms with Crippen LogP contribution in [-0.4, -0.2) is 66.3 Å². The van der Waals surface area contributed by atoms with E-state index in [1.807, 2.05) is 0 Å². The van der Waals surface area contributed by atoms with Gasteiger partial charge in [0.25, 0.3) is 0 Å². The molecule has 2 aromatic rings. The van der Waals surface area contributed by atoms with E-state index < -0.39 is 31.1 Å². The van der Waals surface area contributed by atoms with E-state index in [-0.39, 0.29) is 6.54 Å². The summed E-state index contributed by atoms with van der Waals surface area (Å²) in [6, 6.07) is 0. The molecular weight excluding hydrogens is 290 g/mol. The number of anilines is 1. The van der Waals surface area contributed by atoms with E-state index in [0.29, 0.717) is 17.0 Å². The van der Waals surface area contributed by atoms with Crippen LogP contribution in [0.25, 0.3) is 11.2 Å². The number of terminal acetylenes is 1. The van der Waals surface area contributed by atoms with E-state index in [1.165, 1.54) is 17.2 Å². The minimum absolute atomic E-state index is 0.285. The molecule has 3 rings (SSSR count). The van der Waals surface area contributed by atoms with E-state index in [1.54, 1.807) is 0 Å². The molecule has 0 amide bonds. The molecule has 2 aromatic heterocycles. The number of aromatic nitrogens is 4. The van der Waals surface area contributed by atoms with Gasteiger partial charge in [0.2, 0.25) is 0 Å². The van der Waals surface area contributed by atoms with E-state index in [2.05, 4.69) is 26.2 Å². The number of imidazole rings is 1. The highest BCUT2D eigenvalue weighted by atomic mass is 16.6. The first-order valence-corrected chi connectivity index (χ1v) is 6.64. The van der Waals surface area contributed by atoms with E-state index >= 15 is 0 Å². The highest BCUT2D eigenvalue weighted by molar-refractivity contribution is 5.82. The summed E-state index contributed by atoms with van der Waals surface area (Å²) < 4.78 is 6.96. The van der Waals surface area contributed by atoms with Gasteiger partial charge < -0.3 is 25.4 Å². The molecule has 1 aliphatic heterocycles. The third kappa shape index (κ3) is 2.28. The van der Waals surface area contributed by atoms with Crippen LogP contribution in [-0.2, 0) is 4.74 Å². The van der Waals surface area contributed by atoms with Crippen molar-refractivity contribution in [1.29, 1.82) is 0 Å². The molecule has 22 heavy (non-hydrogen) atoms. The number of fused-ring (bicyclic) bond motifs is 1. The average Bonchev–Trinajstić information content (AvgIpc) is 3.08. The van der Waals surface area contributed by atoms with Crippen molar-refractivity contribution in [3.05, 3.63) is 12.7 Å². The van der Waals surface area contributed by atoms with Gasteiger partial charge in [0.1, 0.15) is 24.6 Å². The number of rotatable bonds is 4. The van der Waals surface area contributed by atoms with Gasteiger partial charge in [-0.25, -0.2) is 15.0 Å². The predicted molar refractivity (Wildman–Crippen MR) is 75.7 cm³/mol. The summed E-state index contributed by atoms with van der Waals surface area (Å²) in [6.07, 6.45) is 3.82. The molecule has 1 aliphatic rings. The maximum absolute atomic E-state index is 10.1. The number of aliphatic hydroxyl groups is 3.